The van der Waals surface area contributed by atoms with Crippen molar-refractivity contribution >= 4 is 0 Å². The van der Waals surface area contributed by atoms with Gasteiger partial charge in [0.1, 0.15) is 0 Å². The zero-order chi connectivity index (χ0) is 8.44. The maximum Gasteiger partial charge on any atom is 0.0153 e. The molecule has 0 amide bonds. The molecule has 0 aromatic heterocycles. The molecule has 0 saturated heterocycles. The third-order valence-electron chi connectivity index (χ3n) is 3.14. The van der Waals surface area contributed by atoms with Gasteiger partial charge in [-0.15, -0.1) is 0 Å². The maximum absolute atomic E-state index is 3.62. The number of rotatable bonds is 5. The highest BCUT2D eigenvalue weighted by Crippen LogP contribution is 2.30. The SMILES string of the molecule is CC1(NCCNC2CC2)CCC1. The van der Waals surface area contributed by atoms with Crippen LogP contribution < -0.4 is 10.6 Å². The minimum atomic E-state index is 0.491. The van der Waals surface area contributed by atoms with Gasteiger partial charge in [0.15, 0.2) is 0 Å². The fourth-order valence-corrected chi connectivity index (χ4v) is 1.81. The molecule has 2 aliphatic carbocycles. The first-order valence-electron chi connectivity index (χ1n) is 5.27. The van der Waals surface area contributed by atoms with Crippen molar-refractivity contribution in [3.63, 3.8) is 0 Å². The summed E-state index contributed by atoms with van der Waals surface area (Å²) in [4.78, 5) is 0. The summed E-state index contributed by atoms with van der Waals surface area (Å²) in [6, 6.07) is 0.862. The summed E-state index contributed by atoms with van der Waals surface area (Å²) in [5.74, 6) is 0. The molecule has 2 nitrogen and oxygen atoms in total. The molecule has 0 radical (unpaired) electrons. The minimum absolute atomic E-state index is 0.491. The summed E-state index contributed by atoms with van der Waals surface area (Å²) >= 11 is 0. The first-order chi connectivity index (χ1) is 5.79. The molecule has 2 saturated carbocycles. The topological polar surface area (TPSA) is 24.1 Å². The molecule has 0 atom stereocenters. The van der Waals surface area contributed by atoms with Crippen LogP contribution in [-0.4, -0.2) is 24.7 Å². The van der Waals surface area contributed by atoms with E-state index in [2.05, 4.69) is 17.6 Å². The lowest BCUT2D eigenvalue weighted by molar-refractivity contribution is 0.210. The van der Waals surface area contributed by atoms with E-state index in [0.29, 0.717) is 5.54 Å². The van der Waals surface area contributed by atoms with Gasteiger partial charge in [0.05, 0.1) is 0 Å². The van der Waals surface area contributed by atoms with Crippen molar-refractivity contribution in [2.24, 2.45) is 0 Å². The second-order valence-corrected chi connectivity index (χ2v) is 4.57. The van der Waals surface area contributed by atoms with E-state index in [0.717, 1.165) is 19.1 Å². The van der Waals surface area contributed by atoms with E-state index in [1.54, 1.807) is 0 Å². The molecule has 0 bridgehead atoms. The molecule has 2 rings (SSSR count). The van der Waals surface area contributed by atoms with E-state index in [9.17, 15) is 0 Å². The first kappa shape index (κ1) is 8.52. The Labute approximate surface area is 75.1 Å². The van der Waals surface area contributed by atoms with Crippen LogP contribution in [0.3, 0.4) is 0 Å². The molecule has 2 aliphatic rings. The van der Waals surface area contributed by atoms with Crippen LogP contribution in [0.4, 0.5) is 0 Å². The highest BCUT2D eigenvalue weighted by molar-refractivity contribution is 4.91. The lowest BCUT2D eigenvalue weighted by atomic mass is 9.78. The summed E-state index contributed by atoms with van der Waals surface area (Å²) in [5, 5.41) is 7.13. The van der Waals surface area contributed by atoms with Crippen molar-refractivity contribution in [2.45, 2.75) is 50.6 Å². The molecule has 70 valence electrons. The molecule has 0 unspecified atom stereocenters. The average molecular weight is 168 g/mol. The fraction of sp³-hybridized carbons (Fsp3) is 1.00. The Bertz CT molecular complexity index is 148. The van der Waals surface area contributed by atoms with Gasteiger partial charge in [0.25, 0.3) is 0 Å². The summed E-state index contributed by atoms with van der Waals surface area (Å²) < 4.78 is 0. The summed E-state index contributed by atoms with van der Waals surface area (Å²) in [6.45, 7) is 4.64. The van der Waals surface area contributed by atoms with Gasteiger partial charge in [-0.3, -0.25) is 0 Å². The van der Waals surface area contributed by atoms with Crippen molar-refractivity contribution < 1.29 is 0 Å². The van der Waals surface area contributed by atoms with Gasteiger partial charge in [-0.25, -0.2) is 0 Å². The van der Waals surface area contributed by atoms with Gasteiger partial charge in [-0.1, -0.05) is 0 Å². The van der Waals surface area contributed by atoms with Gasteiger partial charge in [-0.2, -0.15) is 0 Å². The largest absolute Gasteiger partial charge is 0.313 e. The molecule has 12 heavy (non-hydrogen) atoms. The van der Waals surface area contributed by atoms with Gasteiger partial charge < -0.3 is 10.6 Å². The van der Waals surface area contributed by atoms with E-state index in [-0.39, 0.29) is 0 Å². The molecule has 0 heterocycles. The van der Waals surface area contributed by atoms with E-state index in [1.165, 1.54) is 32.1 Å². The van der Waals surface area contributed by atoms with Crippen LogP contribution in [0, 0.1) is 0 Å². The Balaban J connectivity index is 1.49. The molecule has 2 fully saturated rings. The lowest BCUT2D eigenvalue weighted by Crippen LogP contribution is -2.50. The Kier molecular flexibility index (Phi) is 2.37. The molecule has 2 N–H and O–H groups in total. The lowest BCUT2D eigenvalue weighted by Gasteiger charge is -2.39. The Morgan fingerprint density at radius 1 is 1.25 bits per heavy atom. The van der Waals surface area contributed by atoms with Crippen LogP contribution in [-0.2, 0) is 0 Å². The van der Waals surface area contributed by atoms with Crippen molar-refractivity contribution in [2.75, 3.05) is 13.1 Å². The normalized spacial score (nSPS) is 26.8. The van der Waals surface area contributed by atoms with Crippen LogP contribution in [0.2, 0.25) is 0 Å². The van der Waals surface area contributed by atoms with Crippen molar-refractivity contribution in [1.29, 1.82) is 0 Å². The second kappa shape index (κ2) is 3.35. The zero-order valence-electron chi connectivity index (χ0n) is 8.03. The third kappa shape index (κ3) is 2.20. The molecule has 0 spiro atoms. The highest BCUT2D eigenvalue weighted by Gasteiger charge is 2.30. The van der Waals surface area contributed by atoms with Crippen molar-refractivity contribution in [3.8, 4) is 0 Å². The zero-order valence-corrected chi connectivity index (χ0v) is 8.03. The van der Waals surface area contributed by atoms with Gasteiger partial charge in [0, 0.05) is 24.7 Å². The second-order valence-electron chi connectivity index (χ2n) is 4.57. The van der Waals surface area contributed by atoms with Crippen LogP contribution in [0.25, 0.3) is 0 Å². The predicted octanol–water partition coefficient (Wildman–Crippen LogP) is 1.27. The third-order valence-corrected chi connectivity index (χ3v) is 3.14. The average Bonchev–Trinajstić information content (AvgIpc) is 2.78. The number of nitrogens with one attached hydrogen (secondary N) is 2. The highest BCUT2D eigenvalue weighted by atomic mass is 15.0. The first-order valence-corrected chi connectivity index (χ1v) is 5.27. The van der Waals surface area contributed by atoms with E-state index < -0.39 is 0 Å². The number of hydrogen-bond donors (Lipinski definition) is 2. The van der Waals surface area contributed by atoms with E-state index in [4.69, 9.17) is 0 Å². The predicted molar refractivity (Wildman–Crippen MR) is 51.3 cm³/mol. The molecule has 0 aliphatic heterocycles. The van der Waals surface area contributed by atoms with Crippen LogP contribution in [0.1, 0.15) is 39.0 Å². The van der Waals surface area contributed by atoms with Crippen molar-refractivity contribution in [1.82, 2.24) is 10.6 Å². The smallest absolute Gasteiger partial charge is 0.0153 e. The van der Waals surface area contributed by atoms with Crippen LogP contribution in [0.15, 0.2) is 0 Å². The maximum atomic E-state index is 3.62. The van der Waals surface area contributed by atoms with Crippen molar-refractivity contribution in [3.05, 3.63) is 0 Å². The molecule has 0 aromatic carbocycles. The molecular formula is C10H20N2. The number of hydrogen-bond acceptors (Lipinski definition) is 2. The van der Waals surface area contributed by atoms with E-state index >= 15 is 0 Å². The Hall–Kier alpha value is -0.0800. The standard InChI is InChI=1S/C10H20N2/c1-10(5-2-6-10)12-8-7-11-9-3-4-9/h9,11-12H,2-8H2,1H3. The Morgan fingerprint density at radius 3 is 2.50 bits per heavy atom. The van der Waals surface area contributed by atoms with Crippen LogP contribution >= 0.6 is 0 Å². The molecule has 2 heteroatoms. The quantitative estimate of drug-likeness (QED) is 0.604. The Morgan fingerprint density at radius 2 is 2.00 bits per heavy atom. The van der Waals surface area contributed by atoms with Gasteiger partial charge >= 0.3 is 0 Å². The molecular weight excluding hydrogens is 148 g/mol. The van der Waals surface area contributed by atoms with Gasteiger partial charge in [-0.05, 0) is 39.0 Å². The molecule has 0 aromatic rings. The van der Waals surface area contributed by atoms with E-state index in [1.807, 2.05) is 0 Å². The monoisotopic (exact) mass is 168 g/mol. The summed E-state index contributed by atoms with van der Waals surface area (Å²) in [5.41, 5.74) is 0.491. The summed E-state index contributed by atoms with van der Waals surface area (Å²) in [6.07, 6.45) is 6.96. The fourth-order valence-electron chi connectivity index (χ4n) is 1.81. The minimum Gasteiger partial charge on any atom is -0.313 e. The van der Waals surface area contributed by atoms with Crippen LogP contribution in [0.5, 0.6) is 0 Å². The summed E-state index contributed by atoms with van der Waals surface area (Å²) in [7, 11) is 0. The van der Waals surface area contributed by atoms with Gasteiger partial charge in [0.2, 0.25) is 0 Å².